The van der Waals surface area contributed by atoms with Gasteiger partial charge in [0.05, 0.1) is 14.6 Å². The molecule has 0 aliphatic carbocycles. The van der Waals surface area contributed by atoms with Crippen molar-refractivity contribution in [3.63, 3.8) is 0 Å². The molecule has 0 saturated heterocycles. The molecule has 3 aromatic rings. The molecule has 2 heterocycles. The molecule has 7 heteroatoms. The second-order valence-corrected chi connectivity index (χ2v) is 7.09. The van der Waals surface area contributed by atoms with Gasteiger partial charge in [0.25, 0.3) is 0 Å². The summed E-state index contributed by atoms with van der Waals surface area (Å²) in [4.78, 5) is 18.4. The minimum absolute atomic E-state index is 0.484. The van der Waals surface area contributed by atoms with Gasteiger partial charge in [-0.25, -0.2) is 9.78 Å². The first kappa shape index (κ1) is 14.3. The lowest BCUT2D eigenvalue weighted by atomic mass is 10.2. The van der Waals surface area contributed by atoms with Crippen LogP contribution >= 0.6 is 34.3 Å². The minimum atomic E-state index is -0.484. The number of amides is 2. The second kappa shape index (κ2) is 5.63. The standard InChI is InChI=1S/C14H12ClN3OS2/c1-2-18(13(16)19)14-17-9-4-3-8(7-11(9)21-14)10-5-6-12(15)20-10/h3-7H,2H2,1H3,(H2,16,19). The van der Waals surface area contributed by atoms with Gasteiger partial charge in [-0.15, -0.1) is 11.3 Å². The summed E-state index contributed by atoms with van der Waals surface area (Å²) in [6.07, 6.45) is 0. The number of anilines is 1. The van der Waals surface area contributed by atoms with Crippen molar-refractivity contribution in [1.29, 1.82) is 0 Å². The smallest absolute Gasteiger partial charge is 0.321 e. The van der Waals surface area contributed by atoms with E-state index in [0.29, 0.717) is 11.7 Å². The van der Waals surface area contributed by atoms with E-state index in [1.165, 1.54) is 27.6 Å². The van der Waals surface area contributed by atoms with E-state index in [2.05, 4.69) is 11.1 Å². The van der Waals surface area contributed by atoms with E-state index in [0.717, 1.165) is 25.0 Å². The average molecular weight is 338 g/mol. The van der Waals surface area contributed by atoms with E-state index in [4.69, 9.17) is 17.3 Å². The predicted molar refractivity (Wildman–Crippen MR) is 90.5 cm³/mol. The molecule has 0 radical (unpaired) electrons. The van der Waals surface area contributed by atoms with Gasteiger partial charge < -0.3 is 5.73 Å². The monoisotopic (exact) mass is 337 g/mol. The summed E-state index contributed by atoms with van der Waals surface area (Å²) in [5.41, 5.74) is 7.32. The topological polar surface area (TPSA) is 59.2 Å². The number of nitrogens with zero attached hydrogens (tertiary/aromatic N) is 2. The quantitative estimate of drug-likeness (QED) is 0.760. The lowest BCUT2D eigenvalue weighted by Crippen LogP contribution is -2.35. The third-order valence-corrected chi connectivity index (χ3v) is 5.37. The van der Waals surface area contributed by atoms with Gasteiger partial charge in [0.1, 0.15) is 0 Å². The number of aromatic nitrogens is 1. The first-order valence-electron chi connectivity index (χ1n) is 6.31. The first-order chi connectivity index (χ1) is 10.1. The van der Waals surface area contributed by atoms with E-state index in [1.54, 1.807) is 0 Å². The summed E-state index contributed by atoms with van der Waals surface area (Å²) in [7, 11) is 0. The Morgan fingerprint density at radius 2 is 2.14 bits per heavy atom. The zero-order valence-electron chi connectivity index (χ0n) is 11.2. The van der Waals surface area contributed by atoms with Crippen LogP contribution in [0.1, 0.15) is 6.92 Å². The molecule has 0 atom stereocenters. The molecule has 0 unspecified atom stereocenters. The summed E-state index contributed by atoms with van der Waals surface area (Å²) in [6, 6.07) is 9.42. The van der Waals surface area contributed by atoms with Crippen molar-refractivity contribution < 1.29 is 4.79 Å². The highest BCUT2D eigenvalue weighted by molar-refractivity contribution is 7.22. The number of thiophene rings is 1. The molecule has 1 aromatic carbocycles. The zero-order chi connectivity index (χ0) is 15.0. The summed E-state index contributed by atoms with van der Waals surface area (Å²) in [6.45, 7) is 2.37. The van der Waals surface area contributed by atoms with Crippen LogP contribution in [0.15, 0.2) is 30.3 Å². The van der Waals surface area contributed by atoms with E-state index >= 15 is 0 Å². The third kappa shape index (κ3) is 2.74. The summed E-state index contributed by atoms with van der Waals surface area (Å²) in [5.74, 6) is 0. The number of hydrogen-bond acceptors (Lipinski definition) is 4. The van der Waals surface area contributed by atoms with Crippen LogP contribution in [0.3, 0.4) is 0 Å². The Kier molecular flexibility index (Phi) is 3.84. The molecule has 2 aromatic heterocycles. The SMILES string of the molecule is CCN(C(N)=O)c1nc2ccc(-c3ccc(Cl)s3)cc2s1. The van der Waals surface area contributed by atoms with Gasteiger partial charge in [0, 0.05) is 11.4 Å². The molecular weight excluding hydrogens is 326 g/mol. The van der Waals surface area contributed by atoms with E-state index in [9.17, 15) is 4.79 Å². The molecule has 0 bridgehead atoms. The Labute approximate surface area is 134 Å². The van der Waals surface area contributed by atoms with E-state index in [1.807, 2.05) is 31.2 Å². The van der Waals surface area contributed by atoms with Crippen LogP contribution in [0.2, 0.25) is 4.34 Å². The van der Waals surface area contributed by atoms with E-state index < -0.39 is 6.03 Å². The summed E-state index contributed by atoms with van der Waals surface area (Å²) < 4.78 is 1.78. The number of rotatable bonds is 3. The van der Waals surface area contributed by atoms with Gasteiger partial charge in [-0.3, -0.25) is 4.90 Å². The number of primary amides is 1. The Balaban J connectivity index is 2.04. The molecule has 0 fully saturated rings. The van der Waals surface area contributed by atoms with Crippen LogP contribution in [0.25, 0.3) is 20.7 Å². The molecule has 0 aliphatic heterocycles. The van der Waals surface area contributed by atoms with Crippen molar-refractivity contribution in [2.45, 2.75) is 6.92 Å². The van der Waals surface area contributed by atoms with Gasteiger partial charge >= 0.3 is 6.03 Å². The number of nitrogens with two attached hydrogens (primary N) is 1. The molecular formula is C14H12ClN3OS2. The number of carbonyl (C=O) groups excluding carboxylic acids is 1. The molecule has 0 aliphatic rings. The highest BCUT2D eigenvalue weighted by atomic mass is 35.5. The number of fused-ring (bicyclic) bond motifs is 1. The lowest BCUT2D eigenvalue weighted by molar-refractivity contribution is 0.254. The fourth-order valence-electron chi connectivity index (χ4n) is 2.04. The molecule has 2 amide bonds. The van der Waals surface area contributed by atoms with Crippen molar-refractivity contribution in [3.05, 3.63) is 34.7 Å². The predicted octanol–water partition coefficient (Wildman–Crippen LogP) is 4.58. The van der Waals surface area contributed by atoms with Gasteiger partial charge in [0.15, 0.2) is 5.13 Å². The van der Waals surface area contributed by atoms with Gasteiger partial charge in [-0.2, -0.15) is 0 Å². The maximum absolute atomic E-state index is 11.4. The van der Waals surface area contributed by atoms with Crippen LogP contribution in [-0.4, -0.2) is 17.6 Å². The van der Waals surface area contributed by atoms with Crippen LogP contribution in [0, 0.1) is 0 Å². The highest BCUT2D eigenvalue weighted by Crippen LogP contribution is 2.35. The molecule has 0 spiro atoms. The van der Waals surface area contributed by atoms with Crippen LogP contribution in [0.4, 0.5) is 9.93 Å². The number of halogens is 1. The number of hydrogen-bond donors (Lipinski definition) is 1. The number of carbonyl (C=O) groups is 1. The van der Waals surface area contributed by atoms with Crippen LogP contribution < -0.4 is 10.6 Å². The lowest BCUT2D eigenvalue weighted by Gasteiger charge is -2.13. The Hall–Kier alpha value is -1.63. The Morgan fingerprint density at radius 1 is 1.33 bits per heavy atom. The highest BCUT2D eigenvalue weighted by Gasteiger charge is 2.15. The minimum Gasteiger partial charge on any atom is -0.351 e. The second-order valence-electron chi connectivity index (χ2n) is 4.37. The Bertz CT molecular complexity index is 812. The third-order valence-electron chi connectivity index (χ3n) is 3.05. The van der Waals surface area contributed by atoms with Crippen molar-refractivity contribution in [1.82, 2.24) is 4.98 Å². The van der Waals surface area contributed by atoms with Gasteiger partial charge in [-0.1, -0.05) is 29.0 Å². The average Bonchev–Trinajstić information content (AvgIpc) is 3.04. The Morgan fingerprint density at radius 3 is 2.76 bits per heavy atom. The van der Waals surface area contributed by atoms with Crippen molar-refractivity contribution >= 4 is 55.7 Å². The normalized spacial score (nSPS) is 11.0. The largest absolute Gasteiger partial charge is 0.351 e. The van der Waals surface area contributed by atoms with Gasteiger partial charge in [0.2, 0.25) is 0 Å². The van der Waals surface area contributed by atoms with Crippen molar-refractivity contribution in [2.24, 2.45) is 5.73 Å². The molecule has 0 saturated carbocycles. The fourth-order valence-corrected chi connectivity index (χ4v) is 4.15. The zero-order valence-corrected chi connectivity index (χ0v) is 13.6. The van der Waals surface area contributed by atoms with Gasteiger partial charge in [-0.05, 0) is 36.8 Å². The maximum Gasteiger partial charge on any atom is 0.321 e. The maximum atomic E-state index is 11.4. The molecule has 3 rings (SSSR count). The molecule has 21 heavy (non-hydrogen) atoms. The fraction of sp³-hybridized carbons (Fsp3) is 0.143. The van der Waals surface area contributed by atoms with Crippen molar-refractivity contribution in [2.75, 3.05) is 11.4 Å². The van der Waals surface area contributed by atoms with Crippen LogP contribution in [-0.2, 0) is 0 Å². The van der Waals surface area contributed by atoms with Crippen molar-refractivity contribution in [3.8, 4) is 10.4 Å². The summed E-state index contributed by atoms with van der Waals surface area (Å²) in [5, 5.41) is 0.626. The number of benzene rings is 1. The summed E-state index contributed by atoms with van der Waals surface area (Å²) >= 11 is 8.98. The first-order valence-corrected chi connectivity index (χ1v) is 8.33. The number of urea groups is 1. The van der Waals surface area contributed by atoms with Crippen LogP contribution in [0.5, 0.6) is 0 Å². The number of thiazole rings is 1. The van der Waals surface area contributed by atoms with E-state index in [-0.39, 0.29) is 0 Å². The molecule has 108 valence electrons. The molecule has 4 nitrogen and oxygen atoms in total. The molecule has 2 N–H and O–H groups in total.